The Morgan fingerprint density at radius 2 is 1.95 bits per heavy atom. The maximum atomic E-state index is 5.46. The van der Waals surface area contributed by atoms with Gasteiger partial charge in [0.2, 0.25) is 5.88 Å². The van der Waals surface area contributed by atoms with Crippen LogP contribution in [0.4, 0.5) is 5.82 Å². The number of nitrogens with zero attached hydrogens (tertiary/aromatic N) is 2. The first-order valence-corrected chi connectivity index (χ1v) is 6.55. The van der Waals surface area contributed by atoms with Gasteiger partial charge in [-0.05, 0) is 12.5 Å². The molecule has 0 saturated heterocycles. The number of anilines is 1. The molecular formula is C15H19N3O2. The second kappa shape index (κ2) is 7.45. The topological polar surface area (TPSA) is 56.3 Å². The van der Waals surface area contributed by atoms with Gasteiger partial charge in [0.05, 0.1) is 6.61 Å². The van der Waals surface area contributed by atoms with Crippen molar-refractivity contribution in [3.8, 4) is 5.88 Å². The molecule has 0 amide bonds. The minimum absolute atomic E-state index is 0.165. The van der Waals surface area contributed by atoms with Crippen LogP contribution in [-0.4, -0.2) is 30.3 Å². The fourth-order valence-corrected chi connectivity index (χ4v) is 1.77. The van der Waals surface area contributed by atoms with Crippen molar-refractivity contribution in [2.75, 3.05) is 25.6 Å². The molecule has 5 nitrogen and oxygen atoms in total. The lowest BCUT2D eigenvalue weighted by molar-refractivity contribution is 0.143. The molecule has 1 N–H and O–H groups in total. The second-order valence-corrected chi connectivity index (χ2v) is 4.36. The molecule has 106 valence electrons. The second-order valence-electron chi connectivity index (χ2n) is 4.36. The highest BCUT2D eigenvalue weighted by Crippen LogP contribution is 2.19. The molecule has 1 atom stereocenters. The maximum Gasteiger partial charge on any atom is 0.218 e. The highest BCUT2D eigenvalue weighted by molar-refractivity contribution is 5.40. The summed E-state index contributed by atoms with van der Waals surface area (Å²) in [5.41, 5.74) is 1.20. The van der Waals surface area contributed by atoms with Crippen molar-refractivity contribution in [3.05, 3.63) is 48.3 Å². The van der Waals surface area contributed by atoms with E-state index < -0.39 is 0 Å². The summed E-state index contributed by atoms with van der Waals surface area (Å²) in [5.74, 6) is 1.28. The molecule has 1 unspecified atom stereocenters. The van der Waals surface area contributed by atoms with Gasteiger partial charge in [0.25, 0.3) is 0 Å². The Morgan fingerprint density at radius 1 is 1.15 bits per heavy atom. The van der Waals surface area contributed by atoms with Crippen LogP contribution in [-0.2, 0) is 4.74 Å². The average molecular weight is 273 g/mol. The van der Waals surface area contributed by atoms with Gasteiger partial charge in [-0.3, -0.25) is 0 Å². The molecule has 0 spiro atoms. The number of nitrogens with one attached hydrogen (secondary N) is 1. The Morgan fingerprint density at radius 3 is 2.70 bits per heavy atom. The van der Waals surface area contributed by atoms with E-state index in [-0.39, 0.29) is 6.04 Å². The van der Waals surface area contributed by atoms with Crippen molar-refractivity contribution in [2.24, 2.45) is 0 Å². The number of aromatic nitrogens is 2. The van der Waals surface area contributed by atoms with Crippen LogP contribution in [0.1, 0.15) is 18.5 Å². The van der Waals surface area contributed by atoms with Crippen molar-refractivity contribution in [2.45, 2.75) is 13.0 Å². The SMILES string of the molecule is COCCOc1cc(NC(C)c2ccccc2)ncn1. The van der Waals surface area contributed by atoms with Crippen molar-refractivity contribution < 1.29 is 9.47 Å². The summed E-state index contributed by atoms with van der Waals surface area (Å²) in [6.07, 6.45) is 1.49. The Bertz CT molecular complexity index is 520. The molecule has 0 fully saturated rings. The molecule has 2 rings (SSSR count). The molecule has 1 heterocycles. The molecule has 20 heavy (non-hydrogen) atoms. The van der Waals surface area contributed by atoms with Gasteiger partial charge < -0.3 is 14.8 Å². The fourth-order valence-electron chi connectivity index (χ4n) is 1.77. The van der Waals surface area contributed by atoms with E-state index in [9.17, 15) is 0 Å². The molecule has 2 aromatic rings. The molecule has 1 aromatic carbocycles. The van der Waals surface area contributed by atoms with Crippen molar-refractivity contribution in [3.63, 3.8) is 0 Å². The van der Waals surface area contributed by atoms with E-state index in [1.807, 2.05) is 18.2 Å². The zero-order valence-corrected chi connectivity index (χ0v) is 11.7. The van der Waals surface area contributed by atoms with E-state index in [1.165, 1.54) is 11.9 Å². The van der Waals surface area contributed by atoms with E-state index in [2.05, 4.69) is 34.3 Å². The molecule has 1 aromatic heterocycles. The van der Waals surface area contributed by atoms with E-state index >= 15 is 0 Å². The van der Waals surface area contributed by atoms with E-state index in [4.69, 9.17) is 9.47 Å². The Labute approximate surface area is 119 Å². The lowest BCUT2D eigenvalue weighted by atomic mass is 10.1. The maximum absolute atomic E-state index is 5.46. The molecule has 0 aliphatic rings. The summed E-state index contributed by atoms with van der Waals surface area (Å²) >= 11 is 0. The predicted octanol–water partition coefficient (Wildman–Crippen LogP) is 2.67. The van der Waals surface area contributed by atoms with Crippen LogP contribution in [0, 0.1) is 0 Å². The van der Waals surface area contributed by atoms with Crippen LogP contribution in [0.25, 0.3) is 0 Å². The largest absolute Gasteiger partial charge is 0.475 e. The first-order chi connectivity index (χ1) is 9.79. The van der Waals surface area contributed by atoms with E-state index in [0.29, 0.717) is 19.1 Å². The zero-order chi connectivity index (χ0) is 14.2. The van der Waals surface area contributed by atoms with Gasteiger partial charge in [0.15, 0.2) is 0 Å². The molecule has 5 heteroatoms. The molecule has 0 bridgehead atoms. The van der Waals surface area contributed by atoms with Crippen LogP contribution in [0.5, 0.6) is 5.88 Å². The van der Waals surface area contributed by atoms with Crippen LogP contribution in [0.3, 0.4) is 0 Å². The van der Waals surface area contributed by atoms with Crippen molar-refractivity contribution in [1.82, 2.24) is 9.97 Å². The Kier molecular flexibility index (Phi) is 5.32. The van der Waals surface area contributed by atoms with Gasteiger partial charge in [-0.25, -0.2) is 9.97 Å². The third-order valence-electron chi connectivity index (χ3n) is 2.84. The first kappa shape index (κ1) is 14.3. The van der Waals surface area contributed by atoms with E-state index in [1.54, 1.807) is 13.2 Å². The van der Waals surface area contributed by atoms with Crippen LogP contribution in [0.15, 0.2) is 42.7 Å². The van der Waals surface area contributed by atoms with Crippen molar-refractivity contribution in [1.29, 1.82) is 0 Å². The number of ether oxygens (including phenoxy) is 2. The summed E-state index contributed by atoms with van der Waals surface area (Å²) in [6.45, 7) is 3.09. The number of rotatable bonds is 7. The average Bonchev–Trinajstić information content (AvgIpc) is 2.49. The molecule has 0 aliphatic heterocycles. The summed E-state index contributed by atoms with van der Waals surface area (Å²) in [4.78, 5) is 8.26. The predicted molar refractivity (Wildman–Crippen MR) is 77.9 cm³/mol. The summed E-state index contributed by atoms with van der Waals surface area (Å²) in [6, 6.07) is 12.2. The van der Waals surface area contributed by atoms with Gasteiger partial charge in [-0.15, -0.1) is 0 Å². The Hall–Kier alpha value is -2.14. The minimum Gasteiger partial charge on any atom is -0.475 e. The highest BCUT2D eigenvalue weighted by Gasteiger charge is 2.06. The highest BCUT2D eigenvalue weighted by atomic mass is 16.5. The molecule has 0 radical (unpaired) electrons. The summed E-state index contributed by atoms with van der Waals surface area (Å²) in [5, 5.41) is 3.33. The molecular weight excluding hydrogens is 254 g/mol. The third-order valence-corrected chi connectivity index (χ3v) is 2.84. The third kappa shape index (κ3) is 4.20. The number of hydrogen-bond acceptors (Lipinski definition) is 5. The smallest absolute Gasteiger partial charge is 0.218 e. The Balaban J connectivity index is 1.97. The quantitative estimate of drug-likeness (QED) is 0.786. The standard InChI is InChI=1S/C15H19N3O2/c1-12(13-6-4-3-5-7-13)18-14-10-15(17-11-16-14)20-9-8-19-2/h3-7,10-12H,8-9H2,1-2H3,(H,16,17,18). The lowest BCUT2D eigenvalue weighted by Crippen LogP contribution is -2.09. The summed E-state index contributed by atoms with van der Waals surface area (Å²) < 4.78 is 10.4. The van der Waals surface area contributed by atoms with Gasteiger partial charge in [0, 0.05) is 19.2 Å². The number of methoxy groups -OCH3 is 1. The zero-order valence-electron chi connectivity index (χ0n) is 11.7. The van der Waals surface area contributed by atoms with E-state index in [0.717, 1.165) is 5.82 Å². The van der Waals surface area contributed by atoms with Crippen molar-refractivity contribution >= 4 is 5.82 Å². The number of benzene rings is 1. The van der Waals surface area contributed by atoms with Gasteiger partial charge in [-0.2, -0.15) is 0 Å². The first-order valence-electron chi connectivity index (χ1n) is 6.55. The van der Waals surface area contributed by atoms with Gasteiger partial charge in [0.1, 0.15) is 18.8 Å². The van der Waals surface area contributed by atoms with Gasteiger partial charge >= 0.3 is 0 Å². The van der Waals surface area contributed by atoms with Crippen LogP contribution in [0.2, 0.25) is 0 Å². The number of hydrogen-bond donors (Lipinski definition) is 1. The van der Waals surface area contributed by atoms with Crippen LogP contribution < -0.4 is 10.1 Å². The normalized spacial score (nSPS) is 11.9. The minimum atomic E-state index is 0.165. The monoisotopic (exact) mass is 273 g/mol. The van der Waals surface area contributed by atoms with Crippen LogP contribution >= 0.6 is 0 Å². The molecule has 0 saturated carbocycles. The summed E-state index contributed by atoms with van der Waals surface area (Å²) in [7, 11) is 1.64. The molecule has 0 aliphatic carbocycles. The fraction of sp³-hybridized carbons (Fsp3) is 0.333. The lowest BCUT2D eigenvalue weighted by Gasteiger charge is -2.15. The van der Waals surface area contributed by atoms with Gasteiger partial charge in [-0.1, -0.05) is 30.3 Å².